The van der Waals surface area contributed by atoms with Crippen molar-refractivity contribution in [1.82, 2.24) is 5.32 Å². The van der Waals surface area contributed by atoms with Gasteiger partial charge < -0.3 is 14.5 Å². The predicted octanol–water partition coefficient (Wildman–Crippen LogP) is 3.70. The van der Waals surface area contributed by atoms with Crippen molar-refractivity contribution >= 4 is 0 Å². The van der Waals surface area contributed by atoms with Gasteiger partial charge in [-0.15, -0.1) is 0 Å². The van der Waals surface area contributed by atoms with Gasteiger partial charge in [0.15, 0.2) is 0 Å². The maximum Gasteiger partial charge on any atom is 0.123 e. The van der Waals surface area contributed by atoms with Crippen LogP contribution < -0.4 is 10.1 Å². The Morgan fingerprint density at radius 2 is 2.00 bits per heavy atom. The summed E-state index contributed by atoms with van der Waals surface area (Å²) in [5, 5.41) is 3.40. The van der Waals surface area contributed by atoms with E-state index in [1.807, 2.05) is 18.2 Å². The average Bonchev–Trinajstić information content (AvgIpc) is 3.01. The SMILES string of the molecule is COc1ccccc1CNCc1ccc([C@@H]2C[C@@H]2C)o1. The quantitative estimate of drug-likeness (QED) is 0.870. The third kappa shape index (κ3) is 2.88. The fourth-order valence-electron chi connectivity index (χ4n) is 2.58. The van der Waals surface area contributed by atoms with E-state index in [1.54, 1.807) is 7.11 Å². The van der Waals surface area contributed by atoms with Crippen LogP contribution >= 0.6 is 0 Å². The molecule has 1 fully saturated rings. The monoisotopic (exact) mass is 271 g/mol. The highest BCUT2D eigenvalue weighted by molar-refractivity contribution is 5.33. The van der Waals surface area contributed by atoms with Gasteiger partial charge in [-0.3, -0.25) is 0 Å². The standard InChI is InChI=1S/C17H21NO2/c1-12-9-15(12)17-8-7-14(20-17)11-18-10-13-5-3-4-6-16(13)19-2/h3-8,12,15,18H,9-11H2,1-2H3/t12-,15+/m0/s1. The number of furan rings is 1. The van der Waals surface area contributed by atoms with Crippen molar-refractivity contribution in [3.8, 4) is 5.75 Å². The molecule has 1 aliphatic carbocycles. The van der Waals surface area contributed by atoms with E-state index in [2.05, 4.69) is 30.4 Å². The van der Waals surface area contributed by atoms with Crippen LogP contribution in [0.3, 0.4) is 0 Å². The van der Waals surface area contributed by atoms with Crippen LogP contribution in [0.25, 0.3) is 0 Å². The van der Waals surface area contributed by atoms with Crippen LogP contribution in [0.15, 0.2) is 40.8 Å². The third-order valence-electron chi connectivity index (χ3n) is 3.96. The van der Waals surface area contributed by atoms with Gasteiger partial charge in [0.1, 0.15) is 17.3 Å². The van der Waals surface area contributed by atoms with Gasteiger partial charge in [0.05, 0.1) is 13.7 Å². The number of hydrogen-bond donors (Lipinski definition) is 1. The minimum absolute atomic E-state index is 0.651. The Balaban J connectivity index is 1.53. The van der Waals surface area contributed by atoms with E-state index >= 15 is 0 Å². The van der Waals surface area contributed by atoms with Gasteiger partial charge >= 0.3 is 0 Å². The molecule has 0 spiro atoms. The van der Waals surface area contributed by atoms with E-state index in [1.165, 1.54) is 6.42 Å². The number of ether oxygens (including phenoxy) is 1. The number of benzene rings is 1. The molecule has 3 heteroatoms. The van der Waals surface area contributed by atoms with E-state index < -0.39 is 0 Å². The molecule has 0 aliphatic heterocycles. The highest BCUT2D eigenvalue weighted by Crippen LogP contribution is 2.47. The maximum absolute atomic E-state index is 5.88. The summed E-state index contributed by atoms with van der Waals surface area (Å²) in [7, 11) is 1.70. The summed E-state index contributed by atoms with van der Waals surface area (Å²) >= 11 is 0. The molecule has 1 aromatic heterocycles. The lowest BCUT2D eigenvalue weighted by molar-refractivity contribution is 0.405. The van der Waals surface area contributed by atoms with Crippen molar-refractivity contribution < 1.29 is 9.15 Å². The Hall–Kier alpha value is -1.74. The highest BCUT2D eigenvalue weighted by atomic mass is 16.5. The Labute approximate surface area is 119 Å². The van der Waals surface area contributed by atoms with Crippen molar-refractivity contribution in [3.63, 3.8) is 0 Å². The lowest BCUT2D eigenvalue weighted by Gasteiger charge is -2.08. The lowest BCUT2D eigenvalue weighted by Crippen LogP contribution is -2.12. The fourth-order valence-corrected chi connectivity index (χ4v) is 2.58. The number of rotatable bonds is 6. The molecule has 1 saturated carbocycles. The first-order valence-corrected chi connectivity index (χ1v) is 7.19. The minimum Gasteiger partial charge on any atom is -0.496 e. The largest absolute Gasteiger partial charge is 0.496 e. The summed E-state index contributed by atoms with van der Waals surface area (Å²) in [6, 6.07) is 12.3. The van der Waals surface area contributed by atoms with Crippen LogP contribution in [0.2, 0.25) is 0 Å². The van der Waals surface area contributed by atoms with Crippen molar-refractivity contribution in [3.05, 3.63) is 53.5 Å². The zero-order chi connectivity index (χ0) is 13.9. The van der Waals surface area contributed by atoms with Gasteiger partial charge in [-0.2, -0.15) is 0 Å². The molecule has 1 aliphatic rings. The Bertz CT molecular complexity index is 576. The molecule has 2 aromatic rings. The zero-order valence-electron chi connectivity index (χ0n) is 12.1. The van der Waals surface area contributed by atoms with Crippen LogP contribution in [0.4, 0.5) is 0 Å². The maximum atomic E-state index is 5.88. The molecular formula is C17H21NO2. The van der Waals surface area contributed by atoms with Gasteiger partial charge in [-0.1, -0.05) is 25.1 Å². The van der Waals surface area contributed by atoms with Crippen LogP contribution in [-0.4, -0.2) is 7.11 Å². The Morgan fingerprint density at radius 3 is 2.75 bits per heavy atom. The smallest absolute Gasteiger partial charge is 0.123 e. The van der Waals surface area contributed by atoms with Gasteiger partial charge in [-0.05, 0) is 30.5 Å². The van der Waals surface area contributed by atoms with Gasteiger partial charge in [-0.25, -0.2) is 0 Å². The number of nitrogens with one attached hydrogen (secondary N) is 1. The lowest BCUT2D eigenvalue weighted by atomic mass is 10.2. The highest BCUT2D eigenvalue weighted by Gasteiger charge is 2.36. The number of para-hydroxylation sites is 1. The molecule has 0 amide bonds. The van der Waals surface area contributed by atoms with E-state index in [0.29, 0.717) is 5.92 Å². The first-order chi connectivity index (χ1) is 9.78. The fraction of sp³-hybridized carbons (Fsp3) is 0.412. The molecule has 2 atom stereocenters. The van der Waals surface area contributed by atoms with Crippen molar-refractivity contribution in [2.45, 2.75) is 32.4 Å². The van der Waals surface area contributed by atoms with Gasteiger partial charge in [0.25, 0.3) is 0 Å². The van der Waals surface area contributed by atoms with Crippen molar-refractivity contribution in [2.24, 2.45) is 5.92 Å². The van der Waals surface area contributed by atoms with E-state index in [0.717, 1.165) is 41.8 Å². The molecular weight excluding hydrogens is 250 g/mol. The summed E-state index contributed by atoms with van der Waals surface area (Å²) in [6.45, 7) is 3.80. The molecule has 1 aromatic carbocycles. The molecule has 0 radical (unpaired) electrons. The molecule has 0 unspecified atom stereocenters. The van der Waals surface area contributed by atoms with Crippen molar-refractivity contribution in [1.29, 1.82) is 0 Å². The summed E-state index contributed by atoms with van der Waals surface area (Å²) in [4.78, 5) is 0. The Kier molecular flexibility index (Phi) is 3.79. The second kappa shape index (κ2) is 5.71. The second-order valence-corrected chi connectivity index (χ2v) is 5.54. The average molecular weight is 271 g/mol. The van der Waals surface area contributed by atoms with Gasteiger partial charge in [0, 0.05) is 18.0 Å². The van der Waals surface area contributed by atoms with E-state index in [-0.39, 0.29) is 0 Å². The second-order valence-electron chi connectivity index (χ2n) is 5.54. The normalized spacial score (nSPS) is 20.9. The predicted molar refractivity (Wildman–Crippen MR) is 78.8 cm³/mol. The summed E-state index contributed by atoms with van der Waals surface area (Å²) in [5.41, 5.74) is 1.16. The van der Waals surface area contributed by atoms with Gasteiger partial charge in [0.2, 0.25) is 0 Å². The van der Waals surface area contributed by atoms with Crippen LogP contribution in [0.1, 0.15) is 36.3 Å². The Morgan fingerprint density at radius 1 is 1.20 bits per heavy atom. The molecule has 0 saturated heterocycles. The number of methoxy groups -OCH3 is 1. The van der Waals surface area contributed by atoms with Crippen molar-refractivity contribution in [2.75, 3.05) is 7.11 Å². The summed E-state index contributed by atoms with van der Waals surface area (Å²) in [5.74, 6) is 4.51. The molecule has 106 valence electrons. The van der Waals surface area contributed by atoms with Crippen LogP contribution in [0.5, 0.6) is 5.75 Å². The molecule has 20 heavy (non-hydrogen) atoms. The van der Waals surface area contributed by atoms with E-state index in [4.69, 9.17) is 9.15 Å². The van der Waals surface area contributed by atoms with Crippen LogP contribution in [0, 0.1) is 5.92 Å². The van der Waals surface area contributed by atoms with E-state index in [9.17, 15) is 0 Å². The topological polar surface area (TPSA) is 34.4 Å². The molecule has 1 N–H and O–H groups in total. The summed E-state index contributed by atoms with van der Waals surface area (Å²) in [6.07, 6.45) is 1.27. The third-order valence-corrected chi connectivity index (χ3v) is 3.96. The number of hydrogen-bond acceptors (Lipinski definition) is 3. The molecule has 0 bridgehead atoms. The molecule has 3 rings (SSSR count). The van der Waals surface area contributed by atoms with Crippen LogP contribution in [-0.2, 0) is 13.1 Å². The minimum atomic E-state index is 0.651. The first kappa shape index (κ1) is 13.3. The zero-order valence-corrected chi connectivity index (χ0v) is 12.1. The first-order valence-electron chi connectivity index (χ1n) is 7.19. The molecule has 3 nitrogen and oxygen atoms in total. The molecule has 1 heterocycles. The summed E-state index contributed by atoms with van der Waals surface area (Å²) < 4.78 is 11.2.